The van der Waals surface area contributed by atoms with Gasteiger partial charge in [-0.3, -0.25) is 42.9 Å². The van der Waals surface area contributed by atoms with Crippen LogP contribution >= 0.6 is 7.60 Å². The number of aliphatic hydroxyl groups excluding tert-OH is 10. The van der Waals surface area contributed by atoms with Crippen LogP contribution in [-0.2, 0) is 94.6 Å². The summed E-state index contributed by atoms with van der Waals surface area (Å²) in [5.41, 5.74) is -1.35. The van der Waals surface area contributed by atoms with Crippen molar-refractivity contribution in [3.05, 3.63) is 6.66 Å². The van der Waals surface area contributed by atoms with Gasteiger partial charge in [0, 0.05) is 141 Å². The molecule has 4 aliphatic heterocycles. The fourth-order valence-electron chi connectivity index (χ4n) is 14.2. The number of carbonyl (C=O) groups excluding carboxylic acids is 8. The highest BCUT2D eigenvalue weighted by Gasteiger charge is 2.45. The number of hydrogen-bond acceptors (Lipinski definition) is 30. The average molecular weight is 1690 g/mol. The minimum Gasteiger partial charge on any atom is -0.394 e. The quantitative estimate of drug-likeness (QED) is 0.0231. The van der Waals surface area contributed by atoms with E-state index >= 15 is 0 Å². The van der Waals surface area contributed by atoms with E-state index < -0.39 is 137 Å². The number of likely N-dealkylation sites (tertiary alicyclic amines) is 1. The molecule has 4 heterocycles. The first kappa shape index (κ1) is 104. The van der Waals surface area contributed by atoms with Crippen LogP contribution in [0.1, 0.15) is 239 Å². The van der Waals surface area contributed by atoms with E-state index in [9.17, 15) is 94.0 Å². The molecule has 13 N–H and O–H groups in total. The minimum absolute atomic E-state index is 0.0116. The zero-order chi connectivity index (χ0) is 85.3. The van der Waals surface area contributed by atoms with Gasteiger partial charge in [0.15, 0.2) is 26.5 Å². The number of aliphatic hydroxyl groups is 10. The Morgan fingerprint density at radius 2 is 0.750 bits per heavy atom. The lowest BCUT2D eigenvalue weighted by Crippen LogP contribution is -2.58. The molecule has 674 valence electrons. The van der Waals surface area contributed by atoms with Crippen LogP contribution in [0, 0.1) is 24.4 Å². The number of ketones is 4. The van der Waals surface area contributed by atoms with Crippen molar-refractivity contribution in [2.75, 3.05) is 113 Å². The fraction of sp³-hybridized carbons (Fsp3) is 0.889. The van der Waals surface area contributed by atoms with Crippen LogP contribution in [0.4, 0.5) is 0 Å². The first-order chi connectivity index (χ1) is 55.6. The van der Waals surface area contributed by atoms with Gasteiger partial charge in [-0.15, -0.1) is 0 Å². The second-order valence-electron chi connectivity index (χ2n) is 31.8. The number of carbonyl (C=O) groups is 8. The second-order valence-corrected chi connectivity index (χ2v) is 33.6. The molecule has 0 aromatic heterocycles. The van der Waals surface area contributed by atoms with Gasteiger partial charge in [0.25, 0.3) is 0 Å². The maximum absolute atomic E-state index is 14.1. The van der Waals surface area contributed by atoms with E-state index in [0.717, 1.165) is 38.5 Å². The third kappa shape index (κ3) is 41.7. The van der Waals surface area contributed by atoms with Crippen molar-refractivity contribution in [3.8, 4) is 0 Å². The Bertz CT molecular complexity index is 2600. The zero-order valence-electron chi connectivity index (χ0n) is 69.4. The number of Topliss-reactive ketones (excluding diaryl/α,β-unsaturated/α-hetero) is 4. The Morgan fingerprint density at radius 3 is 1.15 bits per heavy atom. The number of β-amino-alcohol motifs (C(OH)–C–C–N with tert-alkyl or cyclic N) is 1. The number of hydrogen-bond donors (Lipinski definition) is 13. The van der Waals surface area contributed by atoms with E-state index in [1.807, 2.05) is 0 Å². The van der Waals surface area contributed by atoms with Crippen LogP contribution in [0.5, 0.6) is 0 Å². The van der Waals surface area contributed by atoms with Gasteiger partial charge in [0.05, 0.1) is 96.5 Å². The minimum atomic E-state index is -3.51. The first-order valence-electron chi connectivity index (χ1n) is 42.6. The molecule has 35 heteroatoms. The summed E-state index contributed by atoms with van der Waals surface area (Å²) in [6, 6.07) is -0.431. The summed E-state index contributed by atoms with van der Waals surface area (Å²) in [4.78, 5) is 106. The molecule has 4 saturated heterocycles. The number of nitrogens with zero attached hydrogens (tertiary/aromatic N) is 1. The molecule has 0 spiro atoms. The molecule has 34 nitrogen and oxygen atoms in total. The molecule has 0 bridgehead atoms. The predicted molar refractivity (Wildman–Crippen MR) is 422 cm³/mol. The maximum atomic E-state index is 14.1. The van der Waals surface area contributed by atoms with Crippen molar-refractivity contribution < 1.29 is 146 Å². The van der Waals surface area contributed by atoms with Gasteiger partial charge in [-0.2, -0.15) is 0 Å². The molecule has 4 rings (SSSR count). The predicted octanol–water partition coefficient (Wildman–Crippen LogP) is 4.16. The fourth-order valence-corrected chi connectivity index (χ4v) is 14.7. The summed E-state index contributed by atoms with van der Waals surface area (Å²) in [6.45, 7) is 7.87. The Morgan fingerprint density at radius 1 is 0.422 bits per heavy atom. The van der Waals surface area contributed by atoms with E-state index in [2.05, 4.69) is 22.6 Å². The maximum Gasteiger partial charge on any atom is 0.222 e. The van der Waals surface area contributed by atoms with Crippen LogP contribution in [0.2, 0.25) is 0 Å². The molecular formula is C81H144N4O30P-. The van der Waals surface area contributed by atoms with Crippen LogP contribution in [0.3, 0.4) is 0 Å². The van der Waals surface area contributed by atoms with E-state index in [0.29, 0.717) is 141 Å². The summed E-state index contributed by atoms with van der Waals surface area (Å²) in [5, 5.41) is 109. The molecule has 0 aliphatic carbocycles. The Balaban J connectivity index is 1.28. The SMILES string of the molecule is [CH2-]P(=O)(OC)OC[C@@H]1C[C@@H](O)CN1C(=O)CCCCCCCCCCC(=O)NC(COCCC(=O)CCCCCC(=O)CCCCOC1OC(CO)C(O)C(O)C1C)(COCCC(=O)CCCCCC(=O)CCCCOC1OC(CO)C(O)C(O)C1C)COCCC(=O)NCCCNC(=O)CCCCOC1OC(CO)C(O)C(O)C1C. The smallest absolute Gasteiger partial charge is 0.222 e. The lowest BCUT2D eigenvalue weighted by molar-refractivity contribution is -0.282. The molecule has 4 fully saturated rings. The van der Waals surface area contributed by atoms with Crippen molar-refractivity contribution in [2.24, 2.45) is 17.8 Å². The second kappa shape index (κ2) is 59.7. The highest BCUT2D eigenvalue weighted by molar-refractivity contribution is 7.55. The monoisotopic (exact) mass is 1680 g/mol. The first-order valence-corrected chi connectivity index (χ1v) is 44.3. The van der Waals surface area contributed by atoms with Gasteiger partial charge < -0.3 is 124 Å². The summed E-state index contributed by atoms with van der Waals surface area (Å²) >= 11 is 0. The van der Waals surface area contributed by atoms with Crippen molar-refractivity contribution in [1.82, 2.24) is 20.9 Å². The van der Waals surface area contributed by atoms with Gasteiger partial charge in [-0.1, -0.05) is 72.1 Å². The van der Waals surface area contributed by atoms with Gasteiger partial charge in [-0.05, 0) is 89.9 Å². The molecule has 4 aliphatic rings. The number of ether oxygens (including phenoxy) is 9. The lowest BCUT2D eigenvalue weighted by Gasteiger charge is -2.40. The van der Waals surface area contributed by atoms with Crippen LogP contribution in [-0.4, -0.2) is 307 Å². The highest BCUT2D eigenvalue weighted by atomic mass is 31.2. The molecule has 16 unspecified atom stereocenters. The largest absolute Gasteiger partial charge is 0.394 e. The summed E-state index contributed by atoms with van der Waals surface area (Å²) in [7, 11) is -2.28. The van der Waals surface area contributed by atoms with Crippen LogP contribution in [0.15, 0.2) is 0 Å². The van der Waals surface area contributed by atoms with Gasteiger partial charge in [0.1, 0.15) is 65.3 Å². The lowest BCUT2D eigenvalue weighted by atomic mass is 9.92. The molecule has 116 heavy (non-hydrogen) atoms. The number of nitrogens with one attached hydrogen (secondary N) is 3. The summed E-state index contributed by atoms with van der Waals surface area (Å²) in [5.74, 6) is -2.46. The van der Waals surface area contributed by atoms with Crippen molar-refractivity contribution in [1.29, 1.82) is 0 Å². The van der Waals surface area contributed by atoms with Crippen molar-refractivity contribution in [2.45, 2.75) is 331 Å². The van der Waals surface area contributed by atoms with Crippen molar-refractivity contribution >= 4 is 54.4 Å². The standard InChI is InChI=1S/C81H144N4O30P/c1-56-72(98)75(101)65(49-86)113-78(56)109-41-23-20-31-60(89)27-14-12-16-29-62(91)36-44-106-53-81(84-70(96)34-18-10-8-6-7-9-11-19-35-71(97)85-48-64(93)47-59(85)52-112-116(5,104)105-4,54-107-45-37-63(92)30-17-13-15-28-61(90)32-21-24-42-110-79-57(2)73(99)76(102)66(50-87)114-79)55-108-46-38-69(95)83-40-26-39-82-68(94)33-22-25-43-111-80-58(3)74(100)77(103)67(51-88)115-80/h56-59,64-67,72-80,86-88,93,98-103H,5-55H2,1-4H3,(H,82,94)(H,83,95)(H,84,96)/q-1/t56?,57?,58?,59-,64+,65?,66?,67?,72?,73?,74?,75?,76?,77?,78?,79?,80?,81?,116?/m0/s1. The van der Waals surface area contributed by atoms with Crippen LogP contribution in [0.25, 0.3) is 0 Å². The third-order valence-corrected chi connectivity index (χ3v) is 22.9. The van der Waals surface area contributed by atoms with Gasteiger partial charge in [0.2, 0.25) is 23.6 Å². The normalized spacial score (nSPS) is 26.6. The molecule has 4 amide bonds. The summed E-state index contributed by atoms with van der Waals surface area (Å²) in [6.07, 6.45) is 3.54. The third-order valence-electron chi connectivity index (χ3n) is 21.8. The Labute approximate surface area is 685 Å². The number of rotatable bonds is 68. The molecule has 0 radical (unpaired) electrons. The topological polar surface area (TPSA) is 497 Å². The van der Waals surface area contributed by atoms with Gasteiger partial charge >= 0.3 is 0 Å². The molecule has 0 saturated carbocycles. The van der Waals surface area contributed by atoms with E-state index in [-0.39, 0.29) is 171 Å². The van der Waals surface area contributed by atoms with Gasteiger partial charge in [-0.25, -0.2) is 6.66 Å². The molecule has 0 aromatic carbocycles. The zero-order valence-corrected chi connectivity index (χ0v) is 70.3. The average Bonchev–Trinajstić information content (AvgIpc) is 0.970. The molecule has 0 aromatic rings. The highest BCUT2D eigenvalue weighted by Crippen LogP contribution is 2.46. The van der Waals surface area contributed by atoms with E-state index in [4.69, 9.17) is 51.7 Å². The molecule has 18 atom stereocenters. The Hall–Kier alpha value is -4.05. The van der Waals surface area contributed by atoms with E-state index in [1.165, 1.54) is 7.11 Å². The number of unbranched alkanes of at least 4 members (excludes halogenated alkanes) is 14. The number of amides is 4. The van der Waals surface area contributed by atoms with E-state index in [1.54, 1.807) is 25.7 Å². The molecular weight excluding hydrogens is 1540 g/mol. The Kier molecular flexibility index (Phi) is 53.6. The summed E-state index contributed by atoms with van der Waals surface area (Å²) < 4.78 is 74.9. The van der Waals surface area contributed by atoms with Crippen molar-refractivity contribution in [3.63, 3.8) is 0 Å². The van der Waals surface area contributed by atoms with Crippen LogP contribution < -0.4 is 16.0 Å².